The van der Waals surface area contributed by atoms with Crippen LogP contribution >= 0.6 is 0 Å². The van der Waals surface area contributed by atoms with Crippen molar-refractivity contribution < 1.29 is 33.9 Å². The van der Waals surface area contributed by atoms with Crippen molar-refractivity contribution in [2.24, 2.45) is 17.2 Å². The highest BCUT2D eigenvalue weighted by molar-refractivity contribution is 5.96. The molecule has 0 aromatic rings. The summed E-state index contributed by atoms with van der Waals surface area (Å²) in [7, 11) is 0. The molecule has 1 heterocycles. The highest BCUT2D eigenvalue weighted by atomic mass is 16.4. The number of carboxylic acid groups (broad SMARTS) is 1. The molecule has 162 valence electrons. The first-order valence-electron chi connectivity index (χ1n) is 8.90. The van der Waals surface area contributed by atoms with Crippen molar-refractivity contribution >= 4 is 35.5 Å². The van der Waals surface area contributed by atoms with Gasteiger partial charge in [-0.3, -0.25) is 28.8 Å². The molecule has 5 amide bonds. The maximum absolute atomic E-state index is 12.6. The molecule has 1 rings (SSSR count). The molecule has 29 heavy (non-hydrogen) atoms. The van der Waals surface area contributed by atoms with Crippen LogP contribution in [0.4, 0.5) is 0 Å². The zero-order valence-corrected chi connectivity index (χ0v) is 15.9. The van der Waals surface area contributed by atoms with Crippen LogP contribution in [-0.4, -0.2) is 76.2 Å². The van der Waals surface area contributed by atoms with Gasteiger partial charge in [-0.2, -0.15) is 0 Å². The highest BCUT2D eigenvalue weighted by Crippen LogP contribution is 2.19. The average molecular weight is 414 g/mol. The van der Waals surface area contributed by atoms with E-state index in [1.54, 1.807) is 0 Å². The van der Waals surface area contributed by atoms with E-state index in [1.165, 1.54) is 11.8 Å². The Morgan fingerprint density at radius 1 is 1.07 bits per heavy atom. The van der Waals surface area contributed by atoms with Gasteiger partial charge in [-0.1, -0.05) is 0 Å². The van der Waals surface area contributed by atoms with Gasteiger partial charge in [0, 0.05) is 6.54 Å². The molecule has 0 spiro atoms. The average Bonchev–Trinajstić information content (AvgIpc) is 3.08. The summed E-state index contributed by atoms with van der Waals surface area (Å²) < 4.78 is 0. The van der Waals surface area contributed by atoms with Gasteiger partial charge >= 0.3 is 5.97 Å². The van der Waals surface area contributed by atoms with E-state index >= 15 is 0 Å². The third-order valence-corrected chi connectivity index (χ3v) is 4.34. The largest absolute Gasteiger partial charge is 0.480 e. The topological polar surface area (TPSA) is 228 Å². The summed E-state index contributed by atoms with van der Waals surface area (Å²) in [6, 6.07) is -4.85. The van der Waals surface area contributed by atoms with Crippen LogP contribution in [0.15, 0.2) is 0 Å². The summed E-state index contributed by atoms with van der Waals surface area (Å²) in [5, 5.41) is 13.3. The smallest absolute Gasteiger partial charge is 0.325 e. The summed E-state index contributed by atoms with van der Waals surface area (Å²) in [5.74, 6) is -5.25. The maximum atomic E-state index is 12.6. The number of primary amides is 2. The van der Waals surface area contributed by atoms with Gasteiger partial charge in [-0.05, 0) is 19.8 Å². The molecule has 4 atom stereocenters. The Labute approximate surface area is 166 Å². The van der Waals surface area contributed by atoms with Crippen molar-refractivity contribution in [3.63, 3.8) is 0 Å². The van der Waals surface area contributed by atoms with E-state index in [2.05, 4.69) is 10.6 Å². The Morgan fingerprint density at radius 2 is 1.66 bits per heavy atom. The summed E-state index contributed by atoms with van der Waals surface area (Å²) in [6.07, 6.45) is -0.192. The predicted molar refractivity (Wildman–Crippen MR) is 97.5 cm³/mol. The van der Waals surface area contributed by atoms with Crippen LogP contribution in [-0.2, 0) is 28.8 Å². The van der Waals surface area contributed by atoms with E-state index in [1.807, 2.05) is 0 Å². The second kappa shape index (κ2) is 10.4. The number of likely N-dealkylation sites (tertiary alicyclic amines) is 1. The molecule has 0 bridgehead atoms. The molecule has 13 heteroatoms. The van der Waals surface area contributed by atoms with Crippen molar-refractivity contribution in [3.8, 4) is 0 Å². The molecule has 0 aliphatic carbocycles. The first-order valence-corrected chi connectivity index (χ1v) is 8.90. The Balaban J connectivity index is 2.87. The SMILES string of the molecule is CC(NC(=O)C(CC(N)=O)NC(=O)C1CCCN1C(=O)C(N)CC(N)=O)C(=O)O. The van der Waals surface area contributed by atoms with Gasteiger partial charge < -0.3 is 37.8 Å². The van der Waals surface area contributed by atoms with E-state index < -0.39 is 66.1 Å². The monoisotopic (exact) mass is 414 g/mol. The minimum Gasteiger partial charge on any atom is -0.480 e. The van der Waals surface area contributed by atoms with Crippen LogP contribution < -0.4 is 27.8 Å². The van der Waals surface area contributed by atoms with Gasteiger partial charge in [-0.15, -0.1) is 0 Å². The van der Waals surface area contributed by atoms with Gasteiger partial charge in [0.25, 0.3) is 0 Å². The van der Waals surface area contributed by atoms with Crippen LogP contribution in [0.3, 0.4) is 0 Å². The second-order valence-electron chi connectivity index (χ2n) is 6.77. The minimum atomic E-state index is -1.42. The lowest BCUT2D eigenvalue weighted by molar-refractivity contribution is -0.143. The fourth-order valence-electron chi connectivity index (χ4n) is 2.87. The number of rotatable bonds is 10. The van der Waals surface area contributed by atoms with Crippen molar-refractivity contribution in [1.82, 2.24) is 15.5 Å². The number of carboxylic acids is 1. The predicted octanol–water partition coefficient (Wildman–Crippen LogP) is -3.87. The molecular formula is C16H26N6O7. The number of carbonyl (C=O) groups is 6. The van der Waals surface area contributed by atoms with E-state index in [9.17, 15) is 28.8 Å². The highest BCUT2D eigenvalue weighted by Gasteiger charge is 2.38. The standard InChI is InChI=1S/C16H26N6O7/c1-7(16(28)29)20-13(25)9(6-12(19)24)21-14(26)10-3-2-4-22(10)15(27)8(17)5-11(18)23/h7-10H,2-6,17H2,1H3,(H2,18,23)(H2,19,24)(H,20,25)(H,21,26)(H,28,29). The number of carbonyl (C=O) groups excluding carboxylic acids is 5. The lowest BCUT2D eigenvalue weighted by Gasteiger charge is -2.28. The van der Waals surface area contributed by atoms with E-state index in [4.69, 9.17) is 22.3 Å². The summed E-state index contributed by atoms with van der Waals surface area (Å²) >= 11 is 0. The van der Waals surface area contributed by atoms with Gasteiger partial charge in [-0.25, -0.2) is 0 Å². The van der Waals surface area contributed by atoms with Gasteiger partial charge in [0.15, 0.2) is 0 Å². The van der Waals surface area contributed by atoms with Crippen LogP contribution in [0, 0.1) is 0 Å². The maximum Gasteiger partial charge on any atom is 0.325 e. The zero-order valence-electron chi connectivity index (χ0n) is 15.9. The third-order valence-electron chi connectivity index (χ3n) is 4.34. The molecule has 4 unspecified atom stereocenters. The van der Waals surface area contributed by atoms with Gasteiger partial charge in [0.05, 0.1) is 18.9 Å². The molecule has 13 nitrogen and oxygen atoms in total. The molecule has 0 aromatic carbocycles. The second-order valence-corrected chi connectivity index (χ2v) is 6.77. The van der Waals surface area contributed by atoms with Crippen molar-refractivity contribution in [1.29, 1.82) is 0 Å². The molecular weight excluding hydrogens is 388 g/mol. The molecule has 1 fully saturated rings. The number of amides is 5. The number of nitrogens with zero attached hydrogens (tertiary/aromatic N) is 1. The normalized spacial score (nSPS) is 19.0. The number of nitrogens with one attached hydrogen (secondary N) is 2. The van der Waals surface area contributed by atoms with Gasteiger partial charge in [0.1, 0.15) is 18.1 Å². The molecule has 0 aromatic heterocycles. The van der Waals surface area contributed by atoms with Crippen molar-refractivity contribution in [2.75, 3.05) is 6.54 Å². The van der Waals surface area contributed by atoms with Crippen LogP contribution in [0.1, 0.15) is 32.6 Å². The fourth-order valence-corrected chi connectivity index (χ4v) is 2.87. The Bertz CT molecular complexity index is 697. The van der Waals surface area contributed by atoms with Crippen LogP contribution in [0.5, 0.6) is 0 Å². The molecule has 0 saturated carbocycles. The van der Waals surface area contributed by atoms with Crippen LogP contribution in [0.2, 0.25) is 0 Å². The molecule has 1 aliphatic heterocycles. The minimum absolute atomic E-state index is 0.214. The summed E-state index contributed by atoms with van der Waals surface area (Å²) in [6.45, 7) is 1.42. The molecule has 0 radical (unpaired) electrons. The van der Waals surface area contributed by atoms with Crippen LogP contribution in [0.25, 0.3) is 0 Å². The molecule has 9 N–H and O–H groups in total. The first kappa shape index (κ1) is 23.8. The first-order chi connectivity index (χ1) is 13.4. The Kier molecular flexibility index (Phi) is 8.51. The lowest BCUT2D eigenvalue weighted by atomic mass is 10.1. The van der Waals surface area contributed by atoms with Crippen molar-refractivity contribution in [2.45, 2.75) is 56.8 Å². The third kappa shape index (κ3) is 7.03. The molecule has 1 saturated heterocycles. The summed E-state index contributed by atoms with van der Waals surface area (Å²) in [5.41, 5.74) is 15.8. The van der Waals surface area contributed by atoms with E-state index in [0.29, 0.717) is 6.42 Å². The quantitative estimate of drug-likeness (QED) is 0.207. The fraction of sp³-hybridized carbons (Fsp3) is 0.625. The van der Waals surface area contributed by atoms with E-state index in [-0.39, 0.29) is 19.4 Å². The molecule has 1 aliphatic rings. The Hall–Kier alpha value is -3.22. The number of aliphatic carboxylic acids is 1. The van der Waals surface area contributed by atoms with Crippen molar-refractivity contribution in [3.05, 3.63) is 0 Å². The number of hydrogen-bond donors (Lipinski definition) is 6. The zero-order chi connectivity index (χ0) is 22.3. The van der Waals surface area contributed by atoms with Gasteiger partial charge in [0.2, 0.25) is 29.5 Å². The summed E-state index contributed by atoms with van der Waals surface area (Å²) in [4.78, 5) is 71.6. The number of nitrogens with two attached hydrogens (primary N) is 3. The number of hydrogen-bond acceptors (Lipinski definition) is 7. The Morgan fingerprint density at radius 3 is 2.17 bits per heavy atom. The lowest BCUT2D eigenvalue weighted by Crippen LogP contribution is -2.57. The van der Waals surface area contributed by atoms with E-state index in [0.717, 1.165) is 0 Å².